The Morgan fingerprint density at radius 1 is 1.14 bits per heavy atom. The number of nitrogens with zero attached hydrogens (tertiary/aromatic N) is 5. The molecule has 0 atom stereocenters. The van der Waals surface area contributed by atoms with Crippen LogP contribution < -0.4 is 15.1 Å². The topological polar surface area (TPSA) is 87.4 Å². The van der Waals surface area contributed by atoms with E-state index in [-0.39, 0.29) is 18.2 Å². The van der Waals surface area contributed by atoms with Crippen LogP contribution in [0.3, 0.4) is 0 Å². The second-order valence-electron chi connectivity index (χ2n) is 4.80. The third kappa shape index (κ3) is 3.68. The summed E-state index contributed by atoms with van der Waals surface area (Å²) < 4.78 is 5.03. The van der Waals surface area contributed by atoms with Gasteiger partial charge < -0.3 is 19.5 Å². The van der Waals surface area contributed by atoms with Crippen molar-refractivity contribution in [2.45, 2.75) is 6.54 Å². The molecule has 8 heteroatoms. The van der Waals surface area contributed by atoms with Crippen molar-refractivity contribution in [3.8, 4) is 0 Å². The first-order valence-corrected chi connectivity index (χ1v) is 6.38. The molecule has 1 amide bonds. The molecule has 0 bridgehead atoms. The maximum atomic E-state index is 11.8. The molecule has 2 heterocycles. The van der Waals surface area contributed by atoms with Crippen LogP contribution in [-0.4, -0.2) is 49.0 Å². The van der Waals surface area contributed by atoms with Gasteiger partial charge in [-0.1, -0.05) is 0 Å². The van der Waals surface area contributed by atoms with Gasteiger partial charge in [0.1, 0.15) is 0 Å². The fourth-order valence-corrected chi connectivity index (χ4v) is 1.53. The highest BCUT2D eigenvalue weighted by Crippen LogP contribution is 2.10. The first-order valence-electron chi connectivity index (χ1n) is 6.38. The number of rotatable bonds is 5. The second kappa shape index (κ2) is 6.21. The van der Waals surface area contributed by atoms with Crippen LogP contribution in [0.2, 0.25) is 0 Å². The molecular formula is C13H18N6O2. The van der Waals surface area contributed by atoms with E-state index >= 15 is 0 Å². The zero-order chi connectivity index (χ0) is 15.4. The highest BCUT2D eigenvalue weighted by atomic mass is 16.3. The van der Waals surface area contributed by atoms with Gasteiger partial charge in [-0.15, -0.1) is 0 Å². The third-order valence-electron chi connectivity index (χ3n) is 2.61. The molecule has 2 aromatic heterocycles. The second-order valence-corrected chi connectivity index (χ2v) is 4.80. The van der Waals surface area contributed by atoms with Crippen LogP contribution in [0.15, 0.2) is 22.8 Å². The van der Waals surface area contributed by atoms with Gasteiger partial charge in [-0.2, -0.15) is 15.0 Å². The zero-order valence-corrected chi connectivity index (χ0v) is 12.5. The predicted octanol–water partition coefficient (Wildman–Crippen LogP) is 0.527. The van der Waals surface area contributed by atoms with Gasteiger partial charge in [-0.3, -0.25) is 4.79 Å². The molecule has 0 fully saturated rings. The average Bonchev–Trinajstić information content (AvgIpc) is 2.98. The Labute approximate surface area is 122 Å². The summed E-state index contributed by atoms with van der Waals surface area (Å²) in [4.78, 5) is 28.3. The third-order valence-corrected chi connectivity index (χ3v) is 2.61. The SMILES string of the molecule is CN(C)c1nc(CNC(=O)c2ccco2)nc(N(C)C)n1. The lowest BCUT2D eigenvalue weighted by atomic mass is 10.4. The molecule has 2 aromatic rings. The lowest BCUT2D eigenvalue weighted by Crippen LogP contribution is -2.26. The summed E-state index contributed by atoms with van der Waals surface area (Å²) in [6, 6.07) is 3.26. The standard InChI is InChI=1S/C13H18N6O2/c1-18(2)12-15-10(16-13(17-12)19(3)4)8-14-11(20)9-6-5-7-21-9/h5-7H,8H2,1-4H3,(H,14,20). The number of anilines is 2. The Bertz CT molecular complexity index is 583. The lowest BCUT2D eigenvalue weighted by Gasteiger charge is -2.16. The van der Waals surface area contributed by atoms with Crippen molar-refractivity contribution in [2.75, 3.05) is 38.0 Å². The van der Waals surface area contributed by atoms with E-state index in [1.54, 1.807) is 21.9 Å². The molecule has 0 aliphatic rings. The largest absolute Gasteiger partial charge is 0.459 e. The first kappa shape index (κ1) is 14.8. The van der Waals surface area contributed by atoms with Crippen LogP contribution in [0.25, 0.3) is 0 Å². The van der Waals surface area contributed by atoms with Crippen molar-refractivity contribution in [3.63, 3.8) is 0 Å². The number of carbonyl (C=O) groups is 1. The van der Waals surface area contributed by atoms with Crippen LogP contribution in [-0.2, 0) is 6.54 Å². The van der Waals surface area contributed by atoms with E-state index in [0.29, 0.717) is 17.7 Å². The molecule has 21 heavy (non-hydrogen) atoms. The van der Waals surface area contributed by atoms with Gasteiger partial charge in [0.25, 0.3) is 5.91 Å². The van der Waals surface area contributed by atoms with Gasteiger partial charge in [0, 0.05) is 28.2 Å². The highest BCUT2D eigenvalue weighted by molar-refractivity contribution is 5.91. The summed E-state index contributed by atoms with van der Waals surface area (Å²) in [5.41, 5.74) is 0. The van der Waals surface area contributed by atoms with E-state index in [1.807, 2.05) is 28.2 Å². The maximum Gasteiger partial charge on any atom is 0.287 e. The number of hydrogen-bond acceptors (Lipinski definition) is 7. The number of hydrogen-bond donors (Lipinski definition) is 1. The van der Waals surface area contributed by atoms with Gasteiger partial charge in [-0.05, 0) is 12.1 Å². The summed E-state index contributed by atoms with van der Waals surface area (Å²) in [5.74, 6) is 1.51. The molecule has 0 saturated carbocycles. The van der Waals surface area contributed by atoms with E-state index in [4.69, 9.17) is 4.42 Å². The summed E-state index contributed by atoms with van der Waals surface area (Å²) in [5, 5.41) is 2.71. The lowest BCUT2D eigenvalue weighted by molar-refractivity contribution is 0.0922. The van der Waals surface area contributed by atoms with Gasteiger partial charge in [0.2, 0.25) is 11.9 Å². The minimum Gasteiger partial charge on any atom is -0.459 e. The van der Waals surface area contributed by atoms with Crippen molar-refractivity contribution >= 4 is 17.8 Å². The number of amides is 1. The van der Waals surface area contributed by atoms with Crippen LogP contribution in [0, 0.1) is 0 Å². The van der Waals surface area contributed by atoms with Crippen LogP contribution in [0.1, 0.15) is 16.4 Å². The minimum atomic E-state index is -0.307. The maximum absolute atomic E-state index is 11.8. The Morgan fingerprint density at radius 3 is 2.24 bits per heavy atom. The van der Waals surface area contributed by atoms with Gasteiger partial charge in [-0.25, -0.2) is 0 Å². The molecule has 0 aromatic carbocycles. The zero-order valence-electron chi connectivity index (χ0n) is 12.5. The van der Waals surface area contributed by atoms with Crippen molar-refractivity contribution in [2.24, 2.45) is 0 Å². The van der Waals surface area contributed by atoms with E-state index < -0.39 is 0 Å². The minimum absolute atomic E-state index is 0.198. The molecule has 112 valence electrons. The van der Waals surface area contributed by atoms with E-state index in [1.165, 1.54) is 6.26 Å². The molecule has 0 radical (unpaired) electrons. The predicted molar refractivity (Wildman–Crippen MR) is 78.4 cm³/mol. The molecule has 8 nitrogen and oxygen atoms in total. The van der Waals surface area contributed by atoms with Crippen molar-refractivity contribution in [1.82, 2.24) is 20.3 Å². The van der Waals surface area contributed by atoms with Crippen LogP contribution >= 0.6 is 0 Å². The van der Waals surface area contributed by atoms with Gasteiger partial charge in [0.15, 0.2) is 11.6 Å². The Hall–Kier alpha value is -2.64. The molecule has 1 N–H and O–H groups in total. The monoisotopic (exact) mass is 290 g/mol. The van der Waals surface area contributed by atoms with Gasteiger partial charge in [0.05, 0.1) is 12.8 Å². The summed E-state index contributed by atoms with van der Waals surface area (Å²) in [7, 11) is 7.39. The quantitative estimate of drug-likeness (QED) is 0.859. The smallest absolute Gasteiger partial charge is 0.287 e. The Balaban J connectivity index is 2.13. The van der Waals surface area contributed by atoms with Crippen molar-refractivity contribution < 1.29 is 9.21 Å². The molecule has 0 spiro atoms. The van der Waals surface area contributed by atoms with Crippen molar-refractivity contribution in [3.05, 3.63) is 30.0 Å². The molecule has 0 saturated heterocycles. The summed E-state index contributed by atoms with van der Waals surface area (Å²) in [6.07, 6.45) is 1.45. The fourth-order valence-electron chi connectivity index (χ4n) is 1.53. The number of aromatic nitrogens is 3. The number of nitrogens with one attached hydrogen (secondary N) is 1. The molecular weight excluding hydrogens is 272 g/mol. The molecule has 2 rings (SSSR count). The average molecular weight is 290 g/mol. The van der Waals surface area contributed by atoms with E-state index in [2.05, 4.69) is 20.3 Å². The van der Waals surface area contributed by atoms with Crippen molar-refractivity contribution in [1.29, 1.82) is 0 Å². The Kier molecular flexibility index (Phi) is 4.36. The fraction of sp³-hybridized carbons (Fsp3) is 0.385. The molecule has 0 aliphatic heterocycles. The van der Waals surface area contributed by atoms with Crippen LogP contribution in [0.4, 0.5) is 11.9 Å². The Morgan fingerprint density at radius 2 is 1.76 bits per heavy atom. The summed E-state index contributed by atoms with van der Waals surface area (Å²) >= 11 is 0. The van der Waals surface area contributed by atoms with Crippen LogP contribution in [0.5, 0.6) is 0 Å². The number of carbonyl (C=O) groups excluding carboxylic acids is 1. The molecule has 0 aliphatic carbocycles. The highest BCUT2D eigenvalue weighted by Gasteiger charge is 2.12. The first-order chi connectivity index (χ1) is 9.97. The summed E-state index contributed by atoms with van der Waals surface area (Å²) in [6.45, 7) is 0.198. The molecule has 0 unspecified atom stereocenters. The van der Waals surface area contributed by atoms with Gasteiger partial charge >= 0.3 is 0 Å². The van der Waals surface area contributed by atoms with E-state index in [0.717, 1.165) is 0 Å². The number of furan rings is 1. The van der Waals surface area contributed by atoms with E-state index in [9.17, 15) is 4.79 Å². The normalized spacial score (nSPS) is 10.3.